The van der Waals surface area contributed by atoms with E-state index >= 15 is 0 Å². The van der Waals surface area contributed by atoms with E-state index in [4.69, 9.17) is 0 Å². The maximum absolute atomic E-state index is 12.4. The lowest BCUT2D eigenvalue weighted by molar-refractivity contribution is -0.136. The highest BCUT2D eigenvalue weighted by Gasteiger charge is 2.32. The summed E-state index contributed by atoms with van der Waals surface area (Å²) in [5.41, 5.74) is 1.21. The van der Waals surface area contributed by atoms with Crippen LogP contribution in [-0.2, 0) is 11.3 Å². The highest BCUT2D eigenvalue weighted by atomic mass is 16.2. The van der Waals surface area contributed by atoms with Crippen LogP contribution in [0.4, 0.5) is 0 Å². The molecule has 132 valence electrons. The molecular formula is C18H23N5O2. The molecule has 3 rings (SSSR count). The first-order valence-corrected chi connectivity index (χ1v) is 8.47. The molecule has 0 unspecified atom stereocenters. The minimum absolute atomic E-state index is 0.0221. The Bertz CT molecular complexity index is 777. The van der Waals surface area contributed by atoms with Crippen molar-refractivity contribution < 1.29 is 9.59 Å². The summed E-state index contributed by atoms with van der Waals surface area (Å²) >= 11 is 0. The summed E-state index contributed by atoms with van der Waals surface area (Å²) in [4.78, 5) is 34.8. The molecule has 0 bridgehead atoms. The molecule has 7 heteroatoms. The number of nitrogens with one attached hydrogen (secondary N) is 1. The van der Waals surface area contributed by atoms with Crippen LogP contribution in [0.5, 0.6) is 0 Å². The van der Waals surface area contributed by atoms with Crippen molar-refractivity contribution in [2.24, 2.45) is 0 Å². The number of aryl methyl sites for hydroxylation is 1. The smallest absolute Gasteiger partial charge is 0.270 e. The third-order valence-corrected chi connectivity index (χ3v) is 4.26. The van der Waals surface area contributed by atoms with Crippen LogP contribution in [-0.4, -0.2) is 50.4 Å². The van der Waals surface area contributed by atoms with Gasteiger partial charge in [-0.3, -0.25) is 9.59 Å². The van der Waals surface area contributed by atoms with Crippen molar-refractivity contribution in [2.45, 2.75) is 39.3 Å². The fourth-order valence-electron chi connectivity index (χ4n) is 2.90. The molecule has 1 N–H and O–H groups in total. The molecule has 1 saturated heterocycles. The van der Waals surface area contributed by atoms with Crippen molar-refractivity contribution in [3.05, 3.63) is 47.8 Å². The van der Waals surface area contributed by atoms with E-state index in [1.54, 1.807) is 17.2 Å². The first kappa shape index (κ1) is 17.1. The van der Waals surface area contributed by atoms with Crippen LogP contribution in [0.15, 0.2) is 30.6 Å². The van der Waals surface area contributed by atoms with Gasteiger partial charge in [0.1, 0.15) is 18.1 Å². The second-order valence-electron chi connectivity index (χ2n) is 6.70. The standard InChI is InChI=1S/C18H23N5O2/c1-12(2)17-19-7-8-22(17)11-16(24)23-9-14(10-23)21-18(25)15-6-4-5-13(3)20-15/h4-8,12,14H,9-11H2,1-3H3,(H,21,25). The lowest BCUT2D eigenvalue weighted by Gasteiger charge is -2.39. The summed E-state index contributed by atoms with van der Waals surface area (Å²) in [6, 6.07) is 5.33. The van der Waals surface area contributed by atoms with Crippen LogP contribution in [0.2, 0.25) is 0 Å². The molecule has 0 radical (unpaired) electrons. The Kier molecular flexibility index (Phi) is 4.83. The van der Waals surface area contributed by atoms with Crippen LogP contribution in [0, 0.1) is 6.92 Å². The van der Waals surface area contributed by atoms with Crippen molar-refractivity contribution in [3.63, 3.8) is 0 Å². The zero-order chi connectivity index (χ0) is 18.0. The van der Waals surface area contributed by atoms with E-state index in [0.29, 0.717) is 18.8 Å². The van der Waals surface area contributed by atoms with Gasteiger partial charge in [-0.2, -0.15) is 0 Å². The first-order valence-electron chi connectivity index (χ1n) is 8.47. The SMILES string of the molecule is Cc1cccc(C(=O)NC2CN(C(=O)Cn3ccnc3C(C)C)C2)n1. The maximum atomic E-state index is 12.4. The quantitative estimate of drug-likeness (QED) is 0.890. The monoisotopic (exact) mass is 341 g/mol. The van der Waals surface area contributed by atoms with Crippen molar-refractivity contribution >= 4 is 11.8 Å². The normalized spacial score (nSPS) is 14.5. The summed E-state index contributed by atoms with van der Waals surface area (Å²) in [6.45, 7) is 7.30. The number of carbonyl (C=O) groups excluding carboxylic acids is 2. The summed E-state index contributed by atoms with van der Waals surface area (Å²) in [6.07, 6.45) is 3.55. The Balaban J connectivity index is 1.49. The zero-order valence-electron chi connectivity index (χ0n) is 14.8. The largest absolute Gasteiger partial charge is 0.344 e. The van der Waals surface area contributed by atoms with Gasteiger partial charge in [0.15, 0.2) is 0 Å². The van der Waals surface area contributed by atoms with Gasteiger partial charge >= 0.3 is 0 Å². The fraction of sp³-hybridized carbons (Fsp3) is 0.444. The van der Waals surface area contributed by atoms with E-state index < -0.39 is 0 Å². The van der Waals surface area contributed by atoms with Gasteiger partial charge in [-0.15, -0.1) is 0 Å². The van der Waals surface area contributed by atoms with Crippen molar-refractivity contribution in [2.75, 3.05) is 13.1 Å². The molecule has 1 fully saturated rings. The molecule has 0 spiro atoms. The number of amides is 2. The minimum Gasteiger partial charge on any atom is -0.344 e. The van der Waals surface area contributed by atoms with Gasteiger partial charge in [-0.05, 0) is 19.1 Å². The number of likely N-dealkylation sites (tertiary alicyclic amines) is 1. The Morgan fingerprint density at radius 1 is 1.32 bits per heavy atom. The van der Waals surface area contributed by atoms with Gasteiger partial charge in [0.05, 0.1) is 6.04 Å². The summed E-state index contributed by atoms with van der Waals surface area (Å²) in [5.74, 6) is 1.02. The second kappa shape index (κ2) is 7.04. The number of rotatable bonds is 5. The zero-order valence-corrected chi connectivity index (χ0v) is 14.8. The first-order chi connectivity index (χ1) is 11.9. The lowest BCUT2D eigenvalue weighted by atomic mass is 10.1. The molecule has 25 heavy (non-hydrogen) atoms. The highest BCUT2D eigenvalue weighted by molar-refractivity contribution is 5.92. The number of pyridine rings is 1. The van der Waals surface area contributed by atoms with E-state index in [0.717, 1.165) is 11.5 Å². The van der Waals surface area contributed by atoms with Crippen LogP contribution in [0.3, 0.4) is 0 Å². The van der Waals surface area contributed by atoms with Crippen molar-refractivity contribution in [1.29, 1.82) is 0 Å². The van der Waals surface area contributed by atoms with E-state index in [9.17, 15) is 9.59 Å². The molecular weight excluding hydrogens is 318 g/mol. The summed E-state index contributed by atoms with van der Waals surface area (Å²) in [7, 11) is 0. The molecule has 0 aromatic carbocycles. The molecule has 2 aromatic rings. The Labute approximate surface area is 147 Å². The van der Waals surface area contributed by atoms with Crippen molar-refractivity contribution in [1.82, 2.24) is 24.8 Å². The predicted octanol–water partition coefficient (Wildman–Crippen LogP) is 1.35. The molecule has 1 aliphatic rings. The Morgan fingerprint density at radius 2 is 2.08 bits per heavy atom. The molecule has 2 aromatic heterocycles. The number of hydrogen-bond acceptors (Lipinski definition) is 4. The molecule has 0 saturated carbocycles. The molecule has 2 amide bonds. The van der Waals surface area contributed by atoms with Gasteiger partial charge < -0.3 is 14.8 Å². The highest BCUT2D eigenvalue weighted by Crippen LogP contribution is 2.14. The second-order valence-corrected chi connectivity index (χ2v) is 6.70. The topological polar surface area (TPSA) is 80.1 Å². The third-order valence-electron chi connectivity index (χ3n) is 4.26. The summed E-state index contributed by atoms with van der Waals surface area (Å²) < 4.78 is 1.88. The van der Waals surface area contributed by atoms with Crippen LogP contribution in [0.1, 0.15) is 41.8 Å². The van der Waals surface area contributed by atoms with Gasteiger partial charge in [0, 0.05) is 37.1 Å². The third kappa shape index (κ3) is 3.87. The van der Waals surface area contributed by atoms with Crippen LogP contribution < -0.4 is 5.32 Å². The van der Waals surface area contributed by atoms with Crippen molar-refractivity contribution in [3.8, 4) is 0 Å². The molecule has 0 aliphatic carbocycles. The molecule has 1 aliphatic heterocycles. The van der Waals surface area contributed by atoms with E-state index in [-0.39, 0.29) is 30.3 Å². The van der Waals surface area contributed by atoms with E-state index in [1.807, 2.05) is 29.8 Å². The molecule has 3 heterocycles. The lowest BCUT2D eigenvalue weighted by Crippen LogP contribution is -2.61. The fourth-order valence-corrected chi connectivity index (χ4v) is 2.90. The Morgan fingerprint density at radius 3 is 2.76 bits per heavy atom. The van der Waals surface area contributed by atoms with Crippen LogP contribution in [0.25, 0.3) is 0 Å². The Hall–Kier alpha value is -2.70. The molecule has 7 nitrogen and oxygen atoms in total. The van der Waals surface area contributed by atoms with Gasteiger partial charge in [-0.25, -0.2) is 9.97 Å². The van der Waals surface area contributed by atoms with E-state index in [2.05, 4.69) is 29.1 Å². The average molecular weight is 341 g/mol. The summed E-state index contributed by atoms with van der Waals surface area (Å²) in [5, 5.41) is 2.92. The average Bonchev–Trinajstić information content (AvgIpc) is 2.98. The van der Waals surface area contributed by atoms with Gasteiger partial charge in [-0.1, -0.05) is 19.9 Å². The van der Waals surface area contributed by atoms with Crippen LogP contribution >= 0.6 is 0 Å². The number of nitrogens with zero attached hydrogens (tertiary/aromatic N) is 4. The van der Waals surface area contributed by atoms with Gasteiger partial charge in [0.25, 0.3) is 5.91 Å². The molecule has 0 atom stereocenters. The number of hydrogen-bond donors (Lipinski definition) is 1. The number of aromatic nitrogens is 3. The predicted molar refractivity (Wildman–Crippen MR) is 93.1 cm³/mol. The van der Waals surface area contributed by atoms with E-state index in [1.165, 1.54) is 0 Å². The number of imidazole rings is 1. The minimum atomic E-state index is -0.197. The number of carbonyl (C=O) groups is 2. The maximum Gasteiger partial charge on any atom is 0.270 e. The van der Waals surface area contributed by atoms with Gasteiger partial charge in [0.2, 0.25) is 5.91 Å².